The smallest absolute Gasteiger partial charge is 0.230 e. The molecule has 2 aromatic heterocycles. The lowest BCUT2D eigenvalue weighted by Crippen LogP contribution is -2.37. The Morgan fingerprint density at radius 1 is 1.28 bits per heavy atom. The molecular weight excluding hydrogens is 318 g/mol. The molecule has 0 radical (unpaired) electrons. The van der Waals surface area contributed by atoms with Gasteiger partial charge in [0.1, 0.15) is 17.9 Å². The minimum absolute atomic E-state index is 0.470. The van der Waals surface area contributed by atoms with E-state index in [9.17, 15) is 5.11 Å². The maximum absolute atomic E-state index is 10.7. The Morgan fingerprint density at radius 2 is 2.08 bits per heavy atom. The van der Waals surface area contributed by atoms with Crippen LogP contribution in [0.3, 0.4) is 0 Å². The van der Waals surface area contributed by atoms with Crippen LogP contribution in [0.4, 0.5) is 5.82 Å². The van der Waals surface area contributed by atoms with Gasteiger partial charge >= 0.3 is 0 Å². The number of hydrogen-bond donors (Lipinski definition) is 1. The van der Waals surface area contributed by atoms with E-state index in [1.54, 1.807) is 24.3 Å². The minimum atomic E-state index is -0.978. The minimum Gasteiger partial charge on any atom is -0.497 e. The van der Waals surface area contributed by atoms with Crippen molar-refractivity contribution < 1.29 is 9.84 Å². The van der Waals surface area contributed by atoms with Gasteiger partial charge in [-0.3, -0.25) is 0 Å². The van der Waals surface area contributed by atoms with Crippen molar-refractivity contribution in [2.75, 3.05) is 12.0 Å². The number of hydrogen-bond acceptors (Lipinski definition) is 6. The summed E-state index contributed by atoms with van der Waals surface area (Å²) in [5.41, 5.74) is 2.71. The molecule has 3 aromatic rings. The number of aromatic nitrogens is 4. The molecule has 1 aliphatic heterocycles. The maximum atomic E-state index is 10.7. The molecule has 7 heteroatoms. The van der Waals surface area contributed by atoms with Crippen LogP contribution in [-0.4, -0.2) is 32.0 Å². The zero-order valence-electron chi connectivity index (χ0n) is 13.7. The summed E-state index contributed by atoms with van der Waals surface area (Å²) < 4.78 is 6.68. The number of pyridine rings is 1. The molecule has 0 fully saturated rings. The van der Waals surface area contributed by atoms with E-state index in [2.05, 4.69) is 21.6 Å². The number of benzene rings is 1. The molecule has 0 unspecified atom stereocenters. The largest absolute Gasteiger partial charge is 0.497 e. The summed E-state index contributed by atoms with van der Waals surface area (Å²) in [6.07, 6.45) is 3.91. The highest BCUT2D eigenvalue weighted by Gasteiger charge is 2.32. The first-order chi connectivity index (χ1) is 12.2. The van der Waals surface area contributed by atoms with Crippen molar-refractivity contribution >= 4 is 11.9 Å². The average molecular weight is 335 g/mol. The Balaban J connectivity index is 1.76. The van der Waals surface area contributed by atoms with Crippen molar-refractivity contribution in [2.24, 2.45) is 0 Å². The van der Waals surface area contributed by atoms with Crippen molar-refractivity contribution in [1.29, 1.82) is 0 Å². The molecule has 25 heavy (non-hydrogen) atoms. The molecule has 0 aliphatic carbocycles. The van der Waals surface area contributed by atoms with Crippen LogP contribution in [0.25, 0.3) is 17.5 Å². The lowest BCUT2D eigenvalue weighted by Gasteiger charge is -2.34. The fourth-order valence-corrected chi connectivity index (χ4v) is 2.92. The van der Waals surface area contributed by atoms with Crippen LogP contribution < -0.4 is 9.64 Å². The summed E-state index contributed by atoms with van der Waals surface area (Å²) in [7, 11) is 1.63. The monoisotopic (exact) mass is 335 g/mol. The van der Waals surface area contributed by atoms with Gasteiger partial charge in [0.15, 0.2) is 5.82 Å². The molecule has 0 saturated heterocycles. The topological polar surface area (TPSA) is 76.3 Å². The number of fused-ring (bicyclic) bond motifs is 3. The van der Waals surface area contributed by atoms with Crippen LogP contribution in [0.5, 0.6) is 5.75 Å². The molecule has 0 saturated carbocycles. The fourth-order valence-electron chi connectivity index (χ4n) is 2.92. The molecule has 1 aliphatic rings. The second-order valence-corrected chi connectivity index (χ2v) is 5.69. The first-order valence-electron chi connectivity index (χ1n) is 7.81. The summed E-state index contributed by atoms with van der Waals surface area (Å²) in [5, 5.41) is 14.9. The lowest BCUT2D eigenvalue weighted by atomic mass is 10.1. The molecular formula is C18H17N5O2. The number of rotatable bonds is 4. The van der Waals surface area contributed by atoms with E-state index in [0.717, 1.165) is 22.4 Å². The van der Waals surface area contributed by atoms with E-state index in [0.29, 0.717) is 18.2 Å². The second-order valence-electron chi connectivity index (χ2n) is 5.69. The number of nitrogens with zero attached hydrogens (tertiary/aromatic N) is 5. The number of ether oxygens (including phenoxy) is 1. The molecule has 0 spiro atoms. The summed E-state index contributed by atoms with van der Waals surface area (Å²) in [6, 6.07) is 9.65. The third kappa shape index (κ3) is 2.54. The number of methoxy groups -OCH3 is 1. The third-order valence-corrected chi connectivity index (χ3v) is 4.22. The van der Waals surface area contributed by atoms with Gasteiger partial charge in [-0.2, -0.15) is 9.78 Å². The highest BCUT2D eigenvalue weighted by Crippen LogP contribution is 2.38. The molecule has 7 nitrogen and oxygen atoms in total. The van der Waals surface area contributed by atoms with E-state index < -0.39 is 6.35 Å². The molecule has 1 aromatic carbocycles. The Kier molecular flexibility index (Phi) is 3.70. The van der Waals surface area contributed by atoms with Gasteiger partial charge in [0.05, 0.1) is 12.7 Å². The van der Waals surface area contributed by atoms with E-state index in [4.69, 9.17) is 4.74 Å². The average Bonchev–Trinajstić information content (AvgIpc) is 3.15. The highest BCUT2D eigenvalue weighted by molar-refractivity contribution is 5.75. The van der Waals surface area contributed by atoms with Gasteiger partial charge < -0.3 is 14.7 Å². The molecule has 3 heterocycles. The van der Waals surface area contributed by atoms with E-state index in [1.165, 1.54) is 11.0 Å². The van der Waals surface area contributed by atoms with Crippen LogP contribution in [0.1, 0.15) is 17.5 Å². The number of aliphatic hydroxyl groups excluding tert-OH is 1. The van der Waals surface area contributed by atoms with Gasteiger partial charge in [-0.1, -0.05) is 24.8 Å². The van der Waals surface area contributed by atoms with Crippen molar-refractivity contribution in [1.82, 2.24) is 19.7 Å². The maximum Gasteiger partial charge on any atom is 0.230 e. The quantitative estimate of drug-likeness (QED) is 0.789. The highest BCUT2D eigenvalue weighted by atomic mass is 16.5. The number of anilines is 1. The summed E-state index contributed by atoms with van der Waals surface area (Å²) in [6.45, 7) is 4.25. The first kappa shape index (κ1) is 15.3. The Labute approximate surface area is 144 Å². The Hall–Kier alpha value is -3.19. The first-order valence-corrected chi connectivity index (χ1v) is 7.81. The van der Waals surface area contributed by atoms with Crippen molar-refractivity contribution in [3.8, 4) is 17.1 Å². The van der Waals surface area contributed by atoms with Crippen LogP contribution in [0.15, 0.2) is 49.4 Å². The molecule has 1 atom stereocenters. The predicted molar refractivity (Wildman–Crippen MR) is 93.8 cm³/mol. The summed E-state index contributed by atoms with van der Waals surface area (Å²) in [5.74, 6) is 2.04. The third-order valence-electron chi connectivity index (χ3n) is 4.22. The Bertz CT molecular complexity index is 919. The van der Waals surface area contributed by atoms with E-state index in [-0.39, 0.29) is 0 Å². The molecule has 1 N–H and O–H groups in total. The standard InChI is InChI=1S/C18H17N5O2/c1-3-12-8-15-16(19-9-12)22(18(24)23-17(15)20-11-21-23)10-13-4-6-14(25-2)7-5-13/h3-9,11,18,24H,1,10H2,2H3/t18-/m1/s1. The van der Waals surface area contributed by atoms with Crippen LogP contribution in [0.2, 0.25) is 0 Å². The lowest BCUT2D eigenvalue weighted by molar-refractivity contribution is 0.0823. The SMILES string of the molecule is C=Cc1cnc2c(c1)-c1ncnn1[C@H](O)N2Cc1ccc(OC)cc1. The van der Waals surface area contributed by atoms with Gasteiger partial charge in [0.2, 0.25) is 6.35 Å². The zero-order valence-corrected chi connectivity index (χ0v) is 13.7. The van der Waals surface area contributed by atoms with Gasteiger partial charge in [-0.05, 0) is 29.3 Å². The van der Waals surface area contributed by atoms with Gasteiger partial charge in [-0.15, -0.1) is 0 Å². The fraction of sp³-hybridized carbons (Fsp3) is 0.167. The van der Waals surface area contributed by atoms with E-state index >= 15 is 0 Å². The normalized spacial score (nSPS) is 15.4. The van der Waals surface area contributed by atoms with Gasteiger partial charge in [-0.25, -0.2) is 9.97 Å². The van der Waals surface area contributed by atoms with Crippen LogP contribution in [-0.2, 0) is 6.54 Å². The molecule has 0 amide bonds. The van der Waals surface area contributed by atoms with E-state index in [1.807, 2.05) is 30.3 Å². The molecule has 126 valence electrons. The van der Waals surface area contributed by atoms with Gasteiger partial charge in [0, 0.05) is 12.7 Å². The molecule has 4 rings (SSSR count). The van der Waals surface area contributed by atoms with Crippen molar-refractivity contribution in [2.45, 2.75) is 12.9 Å². The zero-order chi connectivity index (χ0) is 17.4. The Morgan fingerprint density at radius 3 is 2.80 bits per heavy atom. The second kappa shape index (κ2) is 6.03. The van der Waals surface area contributed by atoms with Crippen LogP contribution >= 0.6 is 0 Å². The summed E-state index contributed by atoms with van der Waals surface area (Å²) >= 11 is 0. The van der Waals surface area contributed by atoms with Crippen LogP contribution in [0, 0.1) is 0 Å². The molecule has 0 bridgehead atoms. The van der Waals surface area contributed by atoms with Gasteiger partial charge in [0.25, 0.3) is 0 Å². The van der Waals surface area contributed by atoms with Crippen molar-refractivity contribution in [3.05, 3.63) is 60.6 Å². The number of aliphatic hydroxyl groups is 1. The van der Waals surface area contributed by atoms with Crippen molar-refractivity contribution in [3.63, 3.8) is 0 Å². The summed E-state index contributed by atoms with van der Waals surface area (Å²) in [4.78, 5) is 10.6. The predicted octanol–water partition coefficient (Wildman–Crippen LogP) is 2.46.